The molecule has 4 heterocycles. The van der Waals surface area contributed by atoms with Gasteiger partial charge in [0.2, 0.25) is 0 Å². The largest absolute Gasteiger partial charge is 0.397 e. The van der Waals surface area contributed by atoms with E-state index in [1.54, 1.807) is 36.7 Å². The fraction of sp³-hybridized carbons (Fsp3) is 0.111. The number of sulfone groups is 1. The normalized spacial score (nSPS) is 12.0. The van der Waals surface area contributed by atoms with E-state index in [-0.39, 0.29) is 17.7 Å². The van der Waals surface area contributed by atoms with Gasteiger partial charge < -0.3 is 10.7 Å². The summed E-state index contributed by atoms with van der Waals surface area (Å²) in [7, 11) is -3.21. The number of nitrogens with two attached hydrogens (primary N) is 1. The average molecular weight is 546 g/mol. The number of anilines is 1. The summed E-state index contributed by atoms with van der Waals surface area (Å²) < 4.78 is 52.8. The number of aromatic amines is 2. The third-order valence-electron chi connectivity index (χ3n) is 6.36. The predicted molar refractivity (Wildman–Crippen MR) is 145 cm³/mol. The van der Waals surface area contributed by atoms with Crippen LogP contribution < -0.4 is 5.73 Å². The van der Waals surface area contributed by atoms with E-state index >= 15 is 4.39 Å². The van der Waals surface area contributed by atoms with Gasteiger partial charge in [-0.1, -0.05) is 6.07 Å². The van der Waals surface area contributed by atoms with Crippen LogP contribution in [0.25, 0.3) is 55.8 Å². The Morgan fingerprint density at radius 1 is 1.00 bits per heavy atom. The minimum atomic E-state index is -3.21. The first kappa shape index (κ1) is 24.6. The van der Waals surface area contributed by atoms with Crippen LogP contribution in [0.3, 0.4) is 0 Å². The molecule has 0 unspecified atom stereocenters. The molecule has 9 nitrogen and oxygen atoms in total. The fourth-order valence-corrected chi connectivity index (χ4v) is 5.17. The molecule has 0 radical (unpaired) electrons. The van der Waals surface area contributed by atoms with Crippen molar-refractivity contribution in [1.29, 1.82) is 0 Å². The zero-order valence-corrected chi connectivity index (χ0v) is 21.4. The molecule has 6 rings (SSSR count). The van der Waals surface area contributed by atoms with Crippen LogP contribution in [-0.2, 0) is 16.3 Å². The molecule has 0 aliphatic heterocycles. The Labute approximate surface area is 221 Å². The Bertz CT molecular complexity index is 2000. The molecular weight excluding hydrogens is 524 g/mol. The first-order chi connectivity index (χ1) is 18.6. The van der Waals surface area contributed by atoms with Crippen LogP contribution in [0.5, 0.6) is 0 Å². The van der Waals surface area contributed by atoms with Crippen molar-refractivity contribution in [3.8, 4) is 33.8 Å². The van der Waals surface area contributed by atoms with Gasteiger partial charge in [-0.3, -0.25) is 10.1 Å². The quantitative estimate of drug-likeness (QED) is 0.276. The van der Waals surface area contributed by atoms with E-state index in [4.69, 9.17) is 5.73 Å². The Kier molecular flexibility index (Phi) is 5.83. The highest BCUT2D eigenvalue weighted by Crippen LogP contribution is 2.34. The predicted octanol–water partition coefficient (Wildman–Crippen LogP) is 4.68. The van der Waals surface area contributed by atoms with Crippen LogP contribution in [0.1, 0.15) is 5.56 Å². The molecule has 0 bridgehead atoms. The number of pyridine rings is 2. The van der Waals surface area contributed by atoms with Gasteiger partial charge in [-0.25, -0.2) is 27.2 Å². The zero-order chi connectivity index (χ0) is 27.3. The Balaban J connectivity index is 1.46. The minimum Gasteiger partial charge on any atom is -0.397 e. The highest BCUT2D eigenvalue weighted by Gasteiger charge is 2.19. The number of imidazole rings is 1. The summed E-state index contributed by atoms with van der Waals surface area (Å²) in [5, 5.41) is 7.49. The highest BCUT2D eigenvalue weighted by molar-refractivity contribution is 7.90. The molecule has 0 spiro atoms. The van der Waals surface area contributed by atoms with Crippen molar-refractivity contribution >= 4 is 37.6 Å². The third kappa shape index (κ3) is 4.81. The summed E-state index contributed by atoms with van der Waals surface area (Å²) in [5.41, 5.74) is 10.7. The molecule has 0 amide bonds. The fourth-order valence-electron chi connectivity index (χ4n) is 4.56. The maximum absolute atomic E-state index is 15.0. The van der Waals surface area contributed by atoms with Gasteiger partial charge in [0.05, 0.1) is 17.0 Å². The molecule has 0 fully saturated rings. The van der Waals surface area contributed by atoms with Crippen LogP contribution in [0.15, 0.2) is 61.1 Å². The number of rotatable bonds is 6. The second-order valence-corrected chi connectivity index (χ2v) is 11.6. The first-order valence-electron chi connectivity index (χ1n) is 11.9. The SMILES string of the molecule is CS(=O)(=O)CCc1cc(F)cc(-c2ccnc3nc(-c4[nH]nc5c(F)cc(-c6cncc(N)c6)cc45)[nH]c23)c1. The van der Waals surface area contributed by atoms with Crippen LogP contribution in [0.2, 0.25) is 0 Å². The number of benzene rings is 2. The van der Waals surface area contributed by atoms with Crippen LogP contribution in [-0.4, -0.2) is 50.6 Å². The second-order valence-electron chi connectivity index (χ2n) is 9.33. The molecule has 4 N–H and O–H groups in total. The van der Waals surface area contributed by atoms with Gasteiger partial charge in [0.25, 0.3) is 0 Å². The third-order valence-corrected chi connectivity index (χ3v) is 7.31. The Hall–Kier alpha value is -4.71. The number of hydrogen-bond donors (Lipinski definition) is 3. The van der Waals surface area contributed by atoms with Crippen molar-refractivity contribution in [3.05, 3.63) is 78.3 Å². The van der Waals surface area contributed by atoms with Gasteiger partial charge in [-0.2, -0.15) is 5.10 Å². The molecule has 196 valence electrons. The Morgan fingerprint density at radius 2 is 1.85 bits per heavy atom. The van der Waals surface area contributed by atoms with E-state index in [1.807, 2.05) is 0 Å². The van der Waals surface area contributed by atoms with Crippen LogP contribution in [0.4, 0.5) is 14.5 Å². The minimum absolute atomic E-state index is 0.0903. The molecule has 4 aromatic heterocycles. The van der Waals surface area contributed by atoms with Crippen molar-refractivity contribution in [2.24, 2.45) is 0 Å². The van der Waals surface area contributed by atoms with E-state index in [1.165, 1.54) is 24.4 Å². The lowest BCUT2D eigenvalue weighted by Crippen LogP contribution is -2.06. The smallest absolute Gasteiger partial charge is 0.178 e. The molecular formula is C27H21F2N7O2S. The van der Waals surface area contributed by atoms with Gasteiger partial charge in [0.15, 0.2) is 17.3 Å². The van der Waals surface area contributed by atoms with Gasteiger partial charge in [-0.05, 0) is 59.5 Å². The standard InChI is InChI=1S/C27H21F2N7O2S/c1-39(37,38)5-3-14-6-16(8-18(28)7-14)20-2-4-32-26-24(20)33-27(34-26)25-21-10-15(11-22(29)23(21)35-36-25)17-9-19(30)13-31-12-17/h2,4,6-13H,3,5,30H2,1H3,(H,35,36)(H,32,33,34). The average Bonchev–Trinajstić information content (AvgIpc) is 3.51. The van der Waals surface area contributed by atoms with E-state index in [0.717, 1.165) is 6.26 Å². The van der Waals surface area contributed by atoms with Crippen LogP contribution >= 0.6 is 0 Å². The number of nitrogen functional groups attached to an aromatic ring is 1. The first-order valence-corrected chi connectivity index (χ1v) is 13.9. The number of halogens is 2. The molecule has 6 aromatic rings. The number of fused-ring (bicyclic) bond motifs is 2. The molecule has 0 aliphatic rings. The number of hydrogen-bond acceptors (Lipinski definition) is 7. The van der Waals surface area contributed by atoms with Gasteiger partial charge in [-0.15, -0.1) is 0 Å². The lowest BCUT2D eigenvalue weighted by atomic mass is 10.0. The number of aryl methyl sites for hydroxylation is 1. The molecule has 0 saturated carbocycles. The van der Waals surface area contributed by atoms with Gasteiger partial charge in [0.1, 0.15) is 26.9 Å². The number of aromatic nitrogens is 6. The summed E-state index contributed by atoms with van der Waals surface area (Å²) in [6.07, 6.45) is 5.98. The topological polar surface area (TPSA) is 143 Å². The summed E-state index contributed by atoms with van der Waals surface area (Å²) in [6.45, 7) is 0. The summed E-state index contributed by atoms with van der Waals surface area (Å²) >= 11 is 0. The number of H-pyrrole nitrogens is 2. The second kappa shape index (κ2) is 9.24. The molecule has 2 aromatic carbocycles. The van der Waals surface area contributed by atoms with E-state index in [9.17, 15) is 12.8 Å². The van der Waals surface area contributed by atoms with E-state index in [2.05, 4.69) is 30.1 Å². The van der Waals surface area contributed by atoms with Crippen LogP contribution in [0, 0.1) is 11.6 Å². The molecule has 0 saturated heterocycles. The summed E-state index contributed by atoms with van der Waals surface area (Å²) in [6, 6.07) is 11.0. The van der Waals surface area contributed by atoms with Gasteiger partial charge >= 0.3 is 0 Å². The lowest BCUT2D eigenvalue weighted by Gasteiger charge is -2.07. The maximum Gasteiger partial charge on any atom is 0.178 e. The molecule has 39 heavy (non-hydrogen) atoms. The van der Waals surface area contributed by atoms with Gasteiger partial charge in [0, 0.05) is 41.4 Å². The summed E-state index contributed by atoms with van der Waals surface area (Å²) in [4.78, 5) is 16.2. The highest BCUT2D eigenvalue weighted by atomic mass is 32.2. The van der Waals surface area contributed by atoms with E-state index < -0.39 is 21.5 Å². The Morgan fingerprint density at radius 3 is 2.64 bits per heavy atom. The number of nitrogens with zero attached hydrogens (tertiary/aromatic N) is 4. The molecule has 12 heteroatoms. The van der Waals surface area contributed by atoms with E-state index in [0.29, 0.717) is 61.6 Å². The monoisotopic (exact) mass is 545 g/mol. The lowest BCUT2D eigenvalue weighted by molar-refractivity contribution is 0.600. The maximum atomic E-state index is 15.0. The number of nitrogens with one attached hydrogen (secondary N) is 2. The molecule has 0 atom stereocenters. The van der Waals surface area contributed by atoms with Crippen molar-refractivity contribution in [3.63, 3.8) is 0 Å². The van der Waals surface area contributed by atoms with Crippen molar-refractivity contribution in [1.82, 2.24) is 30.1 Å². The molecule has 0 aliphatic carbocycles. The van der Waals surface area contributed by atoms with Crippen molar-refractivity contribution < 1.29 is 17.2 Å². The summed E-state index contributed by atoms with van der Waals surface area (Å²) in [5.74, 6) is -0.737. The van der Waals surface area contributed by atoms with Crippen molar-refractivity contribution in [2.45, 2.75) is 6.42 Å². The zero-order valence-electron chi connectivity index (χ0n) is 20.5. The van der Waals surface area contributed by atoms with Crippen molar-refractivity contribution in [2.75, 3.05) is 17.7 Å².